The van der Waals surface area contributed by atoms with Gasteiger partial charge in [0.25, 0.3) is 0 Å². The molecule has 0 aromatic rings. The molecule has 32 heavy (non-hydrogen) atoms. The van der Waals surface area contributed by atoms with Crippen LogP contribution >= 0.6 is 0 Å². The first-order valence-corrected chi connectivity index (χ1v) is 16.5. The fraction of sp³-hybridized carbons (Fsp3) is 0.852. The number of rotatable bonds is 5. The minimum absolute atomic E-state index is 0.254. The van der Waals surface area contributed by atoms with Gasteiger partial charge in [-0.2, -0.15) is 0 Å². The molecule has 5 rings (SSSR count). The third kappa shape index (κ3) is 3.80. The van der Waals surface area contributed by atoms with Crippen molar-refractivity contribution in [1.29, 1.82) is 0 Å². The molecule has 180 valence electrons. The Balaban J connectivity index is 1.51. The zero-order valence-corrected chi connectivity index (χ0v) is 21.8. The van der Waals surface area contributed by atoms with E-state index in [1.54, 1.807) is 5.57 Å². The summed E-state index contributed by atoms with van der Waals surface area (Å²) in [6, 6.07) is 0. The summed E-state index contributed by atoms with van der Waals surface area (Å²) in [6.07, 6.45) is 12.7. The third-order valence-electron chi connectivity index (χ3n) is 9.46. The van der Waals surface area contributed by atoms with Gasteiger partial charge in [0, 0.05) is 12.8 Å². The molecule has 1 heterocycles. The predicted molar refractivity (Wildman–Crippen MR) is 130 cm³/mol. The maximum atomic E-state index is 12.0. The Hall–Kier alpha value is -0.463. The van der Waals surface area contributed by atoms with E-state index in [1.165, 1.54) is 24.8 Å². The maximum Gasteiger partial charge on any atom is 0.184 e. The number of aliphatic hydroxyl groups is 1. The van der Waals surface area contributed by atoms with Gasteiger partial charge in [0.05, 0.1) is 24.9 Å². The number of fused-ring (bicyclic) bond motifs is 4. The van der Waals surface area contributed by atoms with Gasteiger partial charge >= 0.3 is 0 Å². The Kier molecular flexibility index (Phi) is 5.86. The SMILES string of the molecule is C=CCC[C@H]1C[C@@]2(C)C(CC[C@@H]2O[Si](C)(C)C)C2CC[C@@]3(O)CC4(CCC3=C21)OCCO4. The second kappa shape index (κ2) is 8.05. The average Bonchev–Trinajstić information content (AvgIpc) is 3.28. The lowest BCUT2D eigenvalue weighted by molar-refractivity contribution is -0.208. The average molecular weight is 461 g/mol. The van der Waals surface area contributed by atoms with Gasteiger partial charge in [-0.25, -0.2) is 0 Å². The molecule has 4 aliphatic carbocycles. The van der Waals surface area contributed by atoms with Crippen molar-refractivity contribution in [3.63, 3.8) is 0 Å². The first-order chi connectivity index (χ1) is 15.1. The lowest BCUT2D eigenvalue weighted by Gasteiger charge is -2.56. The van der Waals surface area contributed by atoms with E-state index >= 15 is 0 Å². The Morgan fingerprint density at radius 2 is 1.91 bits per heavy atom. The van der Waals surface area contributed by atoms with Gasteiger partial charge in [-0.15, -0.1) is 6.58 Å². The minimum Gasteiger partial charge on any atom is -0.414 e. The van der Waals surface area contributed by atoms with Crippen LogP contribution in [0.1, 0.15) is 71.1 Å². The Labute approximate surface area is 195 Å². The summed E-state index contributed by atoms with van der Waals surface area (Å²) in [5.41, 5.74) is 2.50. The van der Waals surface area contributed by atoms with Gasteiger partial charge in [-0.3, -0.25) is 0 Å². The van der Waals surface area contributed by atoms with Crippen molar-refractivity contribution >= 4 is 8.32 Å². The van der Waals surface area contributed by atoms with Crippen molar-refractivity contribution in [2.75, 3.05) is 13.2 Å². The summed E-state index contributed by atoms with van der Waals surface area (Å²) in [5, 5.41) is 12.0. The second-order valence-electron chi connectivity index (χ2n) is 12.6. The van der Waals surface area contributed by atoms with E-state index < -0.39 is 19.7 Å². The lowest BCUT2D eigenvalue weighted by atomic mass is 9.51. The molecular formula is C27H44O4Si. The third-order valence-corrected chi connectivity index (χ3v) is 10.5. The van der Waals surface area contributed by atoms with Crippen LogP contribution in [0.4, 0.5) is 0 Å². The van der Waals surface area contributed by atoms with E-state index in [4.69, 9.17) is 13.9 Å². The lowest BCUT2D eigenvalue weighted by Crippen LogP contribution is -2.54. The smallest absolute Gasteiger partial charge is 0.184 e. The Morgan fingerprint density at radius 1 is 1.16 bits per heavy atom. The minimum atomic E-state index is -1.59. The van der Waals surface area contributed by atoms with E-state index in [-0.39, 0.29) is 5.41 Å². The predicted octanol–water partition coefficient (Wildman–Crippen LogP) is 5.97. The molecule has 1 N–H and O–H groups in total. The molecule has 1 saturated heterocycles. The van der Waals surface area contributed by atoms with E-state index in [9.17, 15) is 5.11 Å². The molecule has 5 aliphatic rings. The van der Waals surface area contributed by atoms with Crippen LogP contribution in [0.15, 0.2) is 23.8 Å². The van der Waals surface area contributed by atoms with E-state index in [2.05, 4.69) is 39.2 Å². The van der Waals surface area contributed by atoms with Crippen LogP contribution < -0.4 is 0 Å². The van der Waals surface area contributed by atoms with Crippen LogP contribution in [0.25, 0.3) is 0 Å². The molecule has 5 heteroatoms. The molecule has 0 amide bonds. The highest BCUT2D eigenvalue weighted by Gasteiger charge is 2.60. The first kappa shape index (κ1) is 23.3. The zero-order chi connectivity index (χ0) is 22.8. The van der Waals surface area contributed by atoms with Crippen molar-refractivity contribution < 1.29 is 19.0 Å². The molecule has 0 aromatic carbocycles. The quantitative estimate of drug-likeness (QED) is 0.405. The zero-order valence-electron chi connectivity index (χ0n) is 20.8. The van der Waals surface area contributed by atoms with E-state index in [0.29, 0.717) is 43.5 Å². The summed E-state index contributed by atoms with van der Waals surface area (Å²) in [6.45, 7) is 14.9. The van der Waals surface area contributed by atoms with Gasteiger partial charge < -0.3 is 19.0 Å². The highest BCUT2D eigenvalue weighted by Crippen LogP contribution is 2.65. The summed E-state index contributed by atoms with van der Waals surface area (Å²) >= 11 is 0. The van der Waals surface area contributed by atoms with E-state index in [0.717, 1.165) is 38.5 Å². The second-order valence-corrected chi connectivity index (χ2v) is 17.0. The largest absolute Gasteiger partial charge is 0.414 e. The fourth-order valence-corrected chi connectivity index (χ4v) is 9.58. The Bertz CT molecular complexity index is 779. The van der Waals surface area contributed by atoms with E-state index in [1.807, 2.05) is 0 Å². The highest BCUT2D eigenvalue weighted by atomic mass is 28.4. The molecule has 0 aromatic heterocycles. The van der Waals surface area contributed by atoms with Crippen LogP contribution in [0, 0.1) is 23.2 Å². The molecule has 0 radical (unpaired) electrons. The standard InChI is InChI=1S/C27H44O4Si/c1-6-7-8-19-17-25(2)21(9-10-23(25)31-32(3,4)5)20-11-13-26(28)18-27(29-15-16-30-27)14-12-22(26)24(19)20/h6,19-21,23,28H,1,7-18H2,2-5H3/t19-,20?,21?,23-,25-,26+/m0/s1. The molecule has 6 atom stereocenters. The monoisotopic (exact) mass is 460 g/mol. The highest BCUT2D eigenvalue weighted by molar-refractivity contribution is 6.69. The van der Waals surface area contributed by atoms with Crippen LogP contribution in [-0.2, 0) is 13.9 Å². The summed E-state index contributed by atoms with van der Waals surface area (Å²) < 4.78 is 18.9. The fourth-order valence-electron chi connectivity index (χ4n) is 8.34. The van der Waals surface area contributed by atoms with Crippen molar-refractivity contribution in [3.8, 4) is 0 Å². The molecule has 0 bridgehead atoms. The van der Waals surface area contributed by atoms with Crippen LogP contribution in [0.3, 0.4) is 0 Å². The molecule has 4 fully saturated rings. The van der Waals surface area contributed by atoms with Crippen molar-refractivity contribution in [2.24, 2.45) is 23.2 Å². The topological polar surface area (TPSA) is 47.9 Å². The molecular weight excluding hydrogens is 416 g/mol. The molecule has 3 saturated carbocycles. The van der Waals surface area contributed by atoms with Crippen LogP contribution in [0.5, 0.6) is 0 Å². The van der Waals surface area contributed by atoms with Gasteiger partial charge in [0.15, 0.2) is 14.1 Å². The summed E-state index contributed by atoms with van der Waals surface area (Å²) in [7, 11) is -1.59. The molecule has 1 spiro atoms. The Morgan fingerprint density at radius 3 is 2.59 bits per heavy atom. The number of allylic oxidation sites excluding steroid dienone is 2. The molecule has 1 aliphatic heterocycles. The first-order valence-electron chi connectivity index (χ1n) is 13.1. The van der Waals surface area contributed by atoms with Crippen molar-refractivity contribution in [1.82, 2.24) is 0 Å². The van der Waals surface area contributed by atoms with Crippen LogP contribution in [-0.4, -0.2) is 44.1 Å². The summed E-state index contributed by atoms with van der Waals surface area (Å²) in [4.78, 5) is 0. The van der Waals surface area contributed by atoms with Gasteiger partial charge in [0.2, 0.25) is 0 Å². The van der Waals surface area contributed by atoms with Crippen molar-refractivity contribution in [3.05, 3.63) is 23.8 Å². The molecule has 4 nitrogen and oxygen atoms in total. The van der Waals surface area contributed by atoms with Gasteiger partial charge in [-0.1, -0.05) is 18.6 Å². The van der Waals surface area contributed by atoms with Gasteiger partial charge in [0.1, 0.15) is 0 Å². The van der Waals surface area contributed by atoms with Crippen molar-refractivity contribution in [2.45, 2.75) is 108 Å². The maximum absolute atomic E-state index is 12.0. The number of hydrogen-bond donors (Lipinski definition) is 1. The number of hydrogen-bond acceptors (Lipinski definition) is 4. The molecule has 2 unspecified atom stereocenters. The number of ether oxygens (including phenoxy) is 2. The van der Waals surface area contributed by atoms with Crippen LogP contribution in [0.2, 0.25) is 19.6 Å². The van der Waals surface area contributed by atoms with Gasteiger partial charge in [-0.05, 0) is 99.7 Å². The normalized spacial score (nSPS) is 43.2. The summed E-state index contributed by atoms with van der Waals surface area (Å²) in [5.74, 6) is 1.28.